The molecular formula is C16H23NO3S2. The molecule has 1 N–H and O–H groups in total. The first kappa shape index (κ1) is 17.3. The minimum absolute atomic E-state index is 0.0394. The van der Waals surface area contributed by atoms with Gasteiger partial charge in [-0.1, -0.05) is 37.3 Å². The lowest BCUT2D eigenvalue weighted by Gasteiger charge is -2.30. The first-order chi connectivity index (χ1) is 10.3. The molecule has 1 aromatic carbocycles. The number of carbonyl (C=O) groups is 1. The SMILES string of the molecule is CC[C@](C)(NC(=O)CS[C@H]1CCS(=O)(=O)C1)c1ccccc1. The van der Waals surface area contributed by atoms with Crippen LogP contribution in [0, 0.1) is 0 Å². The Hall–Kier alpha value is -1.01. The summed E-state index contributed by atoms with van der Waals surface area (Å²) in [5.74, 6) is 0.725. The molecule has 0 aromatic heterocycles. The number of amides is 1. The molecule has 1 aromatic rings. The summed E-state index contributed by atoms with van der Waals surface area (Å²) in [5, 5.41) is 3.15. The molecule has 122 valence electrons. The van der Waals surface area contributed by atoms with Gasteiger partial charge in [0.25, 0.3) is 0 Å². The maximum absolute atomic E-state index is 12.2. The summed E-state index contributed by atoms with van der Waals surface area (Å²) in [6.07, 6.45) is 1.45. The second-order valence-corrected chi connectivity index (χ2v) is 9.45. The number of nitrogens with one attached hydrogen (secondary N) is 1. The first-order valence-electron chi connectivity index (χ1n) is 7.53. The van der Waals surface area contributed by atoms with Gasteiger partial charge in [0.1, 0.15) is 0 Å². The van der Waals surface area contributed by atoms with E-state index in [2.05, 4.69) is 5.32 Å². The molecule has 0 unspecified atom stereocenters. The maximum Gasteiger partial charge on any atom is 0.230 e. The lowest BCUT2D eigenvalue weighted by Crippen LogP contribution is -2.44. The van der Waals surface area contributed by atoms with Crippen LogP contribution in [0.1, 0.15) is 32.3 Å². The summed E-state index contributed by atoms with van der Waals surface area (Å²) in [7, 11) is -2.88. The van der Waals surface area contributed by atoms with Gasteiger partial charge in [0, 0.05) is 5.25 Å². The summed E-state index contributed by atoms with van der Waals surface area (Å²) >= 11 is 1.45. The zero-order chi connectivity index (χ0) is 16.2. The molecule has 1 aliphatic rings. The smallest absolute Gasteiger partial charge is 0.230 e. The fourth-order valence-corrected chi connectivity index (χ4v) is 6.04. The van der Waals surface area contributed by atoms with E-state index in [4.69, 9.17) is 0 Å². The van der Waals surface area contributed by atoms with Gasteiger partial charge in [0.15, 0.2) is 9.84 Å². The molecule has 1 fully saturated rings. The molecule has 1 amide bonds. The van der Waals surface area contributed by atoms with E-state index in [9.17, 15) is 13.2 Å². The van der Waals surface area contributed by atoms with Crippen molar-refractivity contribution in [1.82, 2.24) is 5.32 Å². The molecule has 0 radical (unpaired) electrons. The molecule has 0 bridgehead atoms. The quantitative estimate of drug-likeness (QED) is 0.863. The molecular weight excluding hydrogens is 318 g/mol. The van der Waals surface area contributed by atoms with Crippen molar-refractivity contribution in [2.24, 2.45) is 0 Å². The average molecular weight is 341 g/mol. The van der Waals surface area contributed by atoms with Crippen molar-refractivity contribution >= 4 is 27.5 Å². The van der Waals surface area contributed by atoms with E-state index in [0.29, 0.717) is 12.2 Å². The van der Waals surface area contributed by atoms with Crippen LogP contribution in [-0.2, 0) is 20.2 Å². The number of carbonyl (C=O) groups excluding carboxylic acids is 1. The van der Waals surface area contributed by atoms with Crippen molar-refractivity contribution in [3.05, 3.63) is 35.9 Å². The fraction of sp³-hybridized carbons (Fsp3) is 0.562. The van der Waals surface area contributed by atoms with E-state index in [1.54, 1.807) is 0 Å². The first-order valence-corrected chi connectivity index (χ1v) is 10.4. The minimum atomic E-state index is -2.88. The van der Waals surface area contributed by atoms with Gasteiger partial charge in [-0.15, -0.1) is 11.8 Å². The minimum Gasteiger partial charge on any atom is -0.346 e. The molecule has 1 saturated heterocycles. The van der Waals surface area contributed by atoms with Gasteiger partial charge in [0.2, 0.25) is 5.91 Å². The Morgan fingerprint density at radius 2 is 2.05 bits per heavy atom. The van der Waals surface area contributed by atoms with E-state index in [1.165, 1.54) is 11.8 Å². The third kappa shape index (κ3) is 4.49. The van der Waals surface area contributed by atoms with Gasteiger partial charge in [0.05, 0.1) is 22.8 Å². The zero-order valence-corrected chi connectivity index (χ0v) is 14.7. The summed E-state index contributed by atoms with van der Waals surface area (Å²) in [4.78, 5) is 12.2. The summed E-state index contributed by atoms with van der Waals surface area (Å²) in [5.41, 5.74) is 0.694. The van der Waals surface area contributed by atoms with E-state index >= 15 is 0 Å². The highest BCUT2D eigenvalue weighted by atomic mass is 32.2. The van der Waals surface area contributed by atoms with Crippen LogP contribution in [0.15, 0.2) is 30.3 Å². The van der Waals surface area contributed by atoms with Crippen LogP contribution < -0.4 is 5.32 Å². The van der Waals surface area contributed by atoms with Crippen LogP contribution in [0.4, 0.5) is 0 Å². The van der Waals surface area contributed by atoms with Gasteiger partial charge >= 0.3 is 0 Å². The number of hydrogen-bond acceptors (Lipinski definition) is 4. The van der Waals surface area contributed by atoms with Crippen molar-refractivity contribution < 1.29 is 13.2 Å². The Labute approximate surface area is 137 Å². The van der Waals surface area contributed by atoms with Gasteiger partial charge < -0.3 is 5.32 Å². The number of sulfone groups is 1. The van der Waals surface area contributed by atoms with Crippen LogP contribution in [0.5, 0.6) is 0 Å². The molecule has 4 nitrogen and oxygen atoms in total. The van der Waals surface area contributed by atoms with Crippen LogP contribution in [0.3, 0.4) is 0 Å². The Bertz CT molecular complexity index is 616. The third-order valence-electron chi connectivity index (χ3n) is 4.17. The van der Waals surface area contributed by atoms with Gasteiger partial charge in [-0.25, -0.2) is 8.42 Å². The van der Waals surface area contributed by atoms with E-state index in [1.807, 2.05) is 44.2 Å². The Kier molecular flexibility index (Phi) is 5.55. The standard InChI is InChI=1S/C16H23NO3S2/c1-3-16(2,13-7-5-4-6-8-13)17-15(18)11-21-14-9-10-22(19,20)12-14/h4-8,14H,3,9-12H2,1-2H3,(H,17,18)/t14-,16-/m0/s1. The molecule has 0 spiro atoms. The third-order valence-corrected chi connectivity index (χ3v) is 7.46. The van der Waals surface area contributed by atoms with Crippen LogP contribution in [0.2, 0.25) is 0 Å². The molecule has 0 saturated carbocycles. The van der Waals surface area contributed by atoms with Gasteiger partial charge in [-0.2, -0.15) is 0 Å². The van der Waals surface area contributed by atoms with Gasteiger partial charge in [-0.3, -0.25) is 4.79 Å². The second kappa shape index (κ2) is 7.04. The van der Waals surface area contributed by atoms with Crippen molar-refractivity contribution in [3.63, 3.8) is 0 Å². The molecule has 2 atom stereocenters. The number of rotatable bonds is 6. The predicted molar refractivity (Wildman–Crippen MR) is 91.7 cm³/mol. The van der Waals surface area contributed by atoms with Gasteiger partial charge in [-0.05, 0) is 25.3 Å². The number of benzene rings is 1. The molecule has 0 aliphatic carbocycles. The summed E-state index contributed by atoms with van der Waals surface area (Å²) < 4.78 is 22.9. The van der Waals surface area contributed by atoms with Crippen LogP contribution in [-0.4, -0.2) is 36.8 Å². The summed E-state index contributed by atoms with van der Waals surface area (Å²) in [6.45, 7) is 4.06. The molecule has 22 heavy (non-hydrogen) atoms. The molecule has 1 aliphatic heterocycles. The van der Waals surface area contributed by atoms with E-state index in [-0.39, 0.29) is 28.2 Å². The Morgan fingerprint density at radius 3 is 2.59 bits per heavy atom. The van der Waals surface area contributed by atoms with Crippen LogP contribution in [0.25, 0.3) is 0 Å². The molecule has 2 rings (SSSR count). The van der Waals surface area contributed by atoms with Crippen LogP contribution >= 0.6 is 11.8 Å². The lowest BCUT2D eigenvalue weighted by molar-refractivity contribution is -0.120. The molecule has 6 heteroatoms. The number of hydrogen-bond donors (Lipinski definition) is 1. The Balaban J connectivity index is 1.90. The largest absolute Gasteiger partial charge is 0.346 e. The zero-order valence-electron chi connectivity index (χ0n) is 13.0. The summed E-state index contributed by atoms with van der Waals surface area (Å²) in [6, 6.07) is 9.92. The highest BCUT2D eigenvalue weighted by molar-refractivity contribution is 8.02. The normalized spacial score (nSPS) is 22.9. The highest BCUT2D eigenvalue weighted by Crippen LogP contribution is 2.26. The second-order valence-electron chi connectivity index (χ2n) is 5.94. The number of thioether (sulfide) groups is 1. The monoisotopic (exact) mass is 341 g/mol. The molecule has 1 heterocycles. The van der Waals surface area contributed by atoms with Crippen molar-refractivity contribution in [2.75, 3.05) is 17.3 Å². The Morgan fingerprint density at radius 1 is 1.36 bits per heavy atom. The highest BCUT2D eigenvalue weighted by Gasteiger charge is 2.30. The predicted octanol–water partition coefficient (Wildman–Crippen LogP) is 2.35. The fourth-order valence-electron chi connectivity index (χ4n) is 2.60. The van der Waals surface area contributed by atoms with E-state index < -0.39 is 9.84 Å². The van der Waals surface area contributed by atoms with Crippen molar-refractivity contribution in [2.45, 2.75) is 37.5 Å². The average Bonchev–Trinajstić information content (AvgIpc) is 2.85. The maximum atomic E-state index is 12.2. The lowest BCUT2D eigenvalue weighted by atomic mass is 9.89. The van der Waals surface area contributed by atoms with Crippen molar-refractivity contribution in [1.29, 1.82) is 0 Å². The topological polar surface area (TPSA) is 63.2 Å². The van der Waals surface area contributed by atoms with Crippen molar-refractivity contribution in [3.8, 4) is 0 Å². The van der Waals surface area contributed by atoms with E-state index in [0.717, 1.165) is 12.0 Å².